The van der Waals surface area contributed by atoms with Crippen molar-refractivity contribution < 1.29 is 0 Å². The Morgan fingerprint density at radius 2 is 1.21 bits per heavy atom. The zero-order valence-corrected chi connectivity index (χ0v) is 26.2. The summed E-state index contributed by atoms with van der Waals surface area (Å²) in [5.41, 5.74) is 2.89. The number of anilines is 1. The number of benzene rings is 1. The number of unbranched alkanes of at least 4 members (excludes halogenated alkanes) is 10. The van der Waals surface area contributed by atoms with Gasteiger partial charge in [0.05, 0.1) is 0 Å². The molecule has 0 spiro atoms. The van der Waals surface area contributed by atoms with Crippen LogP contribution in [0.3, 0.4) is 0 Å². The molecule has 2 rings (SSSR count). The number of nitrogens with zero attached hydrogens (tertiary/aromatic N) is 2. The Kier molecular flexibility index (Phi) is 17.9. The van der Waals surface area contributed by atoms with Gasteiger partial charge in [0.15, 0.2) is 0 Å². The van der Waals surface area contributed by atoms with Crippen LogP contribution in [0.4, 0.5) is 5.69 Å². The lowest BCUT2D eigenvalue weighted by molar-refractivity contribution is 0.209. The number of allylic oxidation sites excluding steroid dienone is 1. The largest absolute Gasteiger partial charge is 0.372 e. The molecule has 3 unspecified atom stereocenters. The first-order valence-electron chi connectivity index (χ1n) is 16.9. The summed E-state index contributed by atoms with van der Waals surface area (Å²) >= 11 is 0. The van der Waals surface area contributed by atoms with Crippen molar-refractivity contribution in [2.45, 2.75) is 143 Å². The first-order chi connectivity index (χ1) is 18.7. The zero-order valence-electron chi connectivity index (χ0n) is 26.2. The second-order valence-corrected chi connectivity index (χ2v) is 11.9. The van der Waals surface area contributed by atoms with Gasteiger partial charge in [0, 0.05) is 24.8 Å². The normalized spacial score (nSPS) is 18.3. The van der Waals surface area contributed by atoms with E-state index in [0.29, 0.717) is 6.04 Å². The van der Waals surface area contributed by atoms with Gasteiger partial charge in [-0.25, -0.2) is 0 Å². The molecule has 1 aromatic rings. The van der Waals surface area contributed by atoms with E-state index in [1.54, 1.807) is 0 Å². The summed E-state index contributed by atoms with van der Waals surface area (Å²) in [7, 11) is 0. The van der Waals surface area contributed by atoms with Gasteiger partial charge in [-0.15, -0.1) is 0 Å². The molecule has 0 saturated heterocycles. The van der Waals surface area contributed by atoms with Crippen molar-refractivity contribution in [2.75, 3.05) is 31.1 Å². The predicted octanol–water partition coefficient (Wildman–Crippen LogP) is 10.5. The van der Waals surface area contributed by atoms with Gasteiger partial charge in [-0.1, -0.05) is 116 Å². The van der Waals surface area contributed by atoms with Crippen molar-refractivity contribution in [2.24, 2.45) is 11.8 Å². The fourth-order valence-corrected chi connectivity index (χ4v) is 6.67. The molecule has 3 atom stereocenters. The van der Waals surface area contributed by atoms with E-state index in [1.165, 1.54) is 127 Å². The maximum Gasteiger partial charge on any atom is 0.0366 e. The van der Waals surface area contributed by atoms with Crippen LogP contribution in [-0.4, -0.2) is 37.1 Å². The van der Waals surface area contributed by atoms with E-state index in [2.05, 4.69) is 80.8 Å². The molecule has 0 fully saturated rings. The average Bonchev–Trinajstić information content (AvgIpc) is 2.96. The molecule has 2 nitrogen and oxygen atoms in total. The van der Waals surface area contributed by atoms with E-state index in [1.807, 2.05) is 0 Å². The van der Waals surface area contributed by atoms with E-state index >= 15 is 0 Å². The van der Waals surface area contributed by atoms with Crippen LogP contribution < -0.4 is 4.90 Å². The summed E-state index contributed by atoms with van der Waals surface area (Å²) in [6.45, 7) is 15.9. The molecule has 0 saturated carbocycles. The molecule has 1 aliphatic rings. The van der Waals surface area contributed by atoms with Crippen LogP contribution in [0.25, 0.3) is 0 Å². The summed E-state index contributed by atoms with van der Waals surface area (Å²) in [5.74, 6) is 1.62. The van der Waals surface area contributed by atoms with Crippen LogP contribution >= 0.6 is 0 Å². The fraction of sp³-hybridized carbons (Fsp3) is 0.778. The third-order valence-electron chi connectivity index (χ3n) is 9.31. The average molecular weight is 525 g/mol. The van der Waals surface area contributed by atoms with E-state index in [4.69, 9.17) is 0 Å². The SMILES string of the molecule is CCCCCCCCCCCCCC(CCc1ccc(N(CC)CC)cc1)C1C=CC(N(CC)CC)CC1. The van der Waals surface area contributed by atoms with Crippen LogP contribution in [0.1, 0.15) is 136 Å². The smallest absolute Gasteiger partial charge is 0.0366 e. The maximum atomic E-state index is 2.63. The van der Waals surface area contributed by atoms with Gasteiger partial charge in [-0.3, -0.25) is 4.90 Å². The van der Waals surface area contributed by atoms with Gasteiger partial charge in [-0.05, 0) is 88.6 Å². The minimum atomic E-state index is 0.663. The minimum Gasteiger partial charge on any atom is -0.372 e. The number of aryl methyl sites for hydroxylation is 1. The molecule has 2 heteroatoms. The summed E-state index contributed by atoms with van der Waals surface area (Å²) in [6.07, 6.45) is 27.7. The van der Waals surface area contributed by atoms with Gasteiger partial charge in [0.1, 0.15) is 0 Å². The fourth-order valence-electron chi connectivity index (χ4n) is 6.67. The van der Waals surface area contributed by atoms with E-state index < -0.39 is 0 Å². The topological polar surface area (TPSA) is 6.48 Å². The lowest BCUT2D eigenvalue weighted by Crippen LogP contribution is -2.36. The van der Waals surface area contributed by atoms with Gasteiger partial charge in [0.25, 0.3) is 0 Å². The highest BCUT2D eigenvalue weighted by atomic mass is 15.1. The van der Waals surface area contributed by atoms with Crippen molar-refractivity contribution in [1.82, 2.24) is 4.90 Å². The first-order valence-corrected chi connectivity index (χ1v) is 16.9. The lowest BCUT2D eigenvalue weighted by Gasteiger charge is -2.34. The number of hydrogen-bond acceptors (Lipinski definition) is 2. The molecule has 0 amide bonds. The second-order valence-electron chi connectivity index (χ2n) is 11.9. The van der Waals surface area contributed by atoms with Crippen molar-refractivity contribution >= 4 is 5.69 Å². The highest BCUT2D eigenvalue weighted by Gasteiger charge is 2.25. The molecule has 0 aliphatic heterocycles. The van der Waals surface area contributed by atoms with Crippen LogP contribution in [0.5, 0.6) is 0 Å². The number of rotatable bonds is 22. The molecule has 0 aromatic heterocycles. The van der Waals surface area contributed by atoms with Gasteiger partial charge in [0.2, 0.25) is 0 Å². The van der Waals surface area contributed by atoms with E-state index in [9.17, 15) is 0 Å². The van der Waals surface area contributed by atoms with Crippen LogP contribution in [0, 0.1) is 11.8 Å². The monoisotopic (exact) mass is 525 g/mol. The van der Waals surface area contributed by atoms with Crippen molar-refractivity contribution in [3.8, 4) is 0 Å². The quantitative estimate of drug-likeness (QED) is 0.110. The molecule has 38 heavy (non-hydrogen) atoms. The van der Waals surface area contributed by atoms with Gasteiger partial charge in [-0.2, -0.15) is 0 Å². The highest BCUT2D eigenvalue weighted by Crippen LogP contribution is 2.33. The molecule has 0 bridgehead atoms. The Morgan fingerprint density at radius 1 is 0.632 bits per heavy atom. The zero-order chi connectivity index (χ0) is 27.4. The number of hydrogen-bond donors (Lipinski definition) is 0. The minimum absolute atomic E-state index is 0.663. The Morgan fingerprint density at radius 3 is 1.71 bits per heavy atom. The van der Waals surface area contributed by atoms with Gasteiger partial charge < -0.3 is 4.90 Å². The molecule has 0 N–H and O–H groups in total. The van der Waals surface area contributed by atoms with Crippen LogP contribution in [0.2, 0.25) is 0 Å². The van der Waals surface area contributed by atoms with Crippen LogP contribution in [0.15, 0.2) is 36.4 Å². The summed E-state index contributed by atoms with van der Waals surface area (Å²) < 4.78 is 0. The Bertz CT molecular complexity index is 701. The van der Waals surface area contributed by atoms with E-state index in [-0.39, 0.29) is 0 Å². The molecular weight excluding hydrogens is 460 g/mol. The summed E-state index contributed by atoms with van der Waals surface area (Å²) in [5, 5.41) is 0. The Hall–Kier alpha value is -1.28. The molecule has 218 valence electrons. The predicted molar refractivity (Wildman–Crippen MR) is 171 cm³/mol. The lowest BCUT2D eigenvalue weighted by atomic mass is 9.77. The van der Waals surface area contributed by atoms with Gasteiger partial charge >= 0.3 is 0 Å². The molecular formula is C36H64N2. The molecule has 0 heterocycles. The molecule has 1 aromatic carbocycles. The van der Waals surface area contributed by atoms with Crippen molar-refractivity contribution in [3.63, 3.8) is 0 Å². The summed E-state index contributed by atoms with van der Waals surface area (Å²) in [4.78, 5) is 5.07. The molecule has 1 aliphatic carbocycles. The third-order valence-corrected chi connectivity index (χ3v) is 9.31. The van der Waals surface area contributed by atoms with Crippen molar-refractivity contribution in [3.05, 3.63) is 42.0 Å². The maximum absolute atomic E-state index is 2.63. The number of likely N-dealkylation sites (N-methyl/N-ethyl adjacent to an activating group) is 1. The second kappa shape index (κ2) is 20.6. The highest BCUT2D eigenvalue weighted by molar-refractivity contribution is 5.47. The van der Waals surface area contributed by atoms with Crippen LogP contribution in [-0.2, 0) is 6.42 Å². The third kappa shape index (κ3) is 12.3. The van der Waals surface area contributed by atoms with E-state index in [0.717, 1.165) is 24.9 Å². The summed E-state index contributed by atoms with van der Waals surface area (Å²) in [6, 6.07) is 10.1. The molecule has 0 radical (unpaired) electrons. The Labute approximate surface area is 238 Å². The Balaban J connectivity index is 1.83. The van der Waals surface area contributed by atoms with Crippen molar-refractivity contribution in [1.29, 1.82) is 0 Å². The first kappa shape index (κ1) is 32.9. The standard InChI is InChI=1S/C36H64N2/c1-6-11-12-13-14-15-16-17-18-19-20-21-33(34-26-30-36(31-27-34)38(9-4)10-5)25-22-32-23-28-35(29-24-32)37(7-2)8-3/h23-24,26,28-30,33-34,36H,6-22,25,27,31H2,1-5H3.